The summed E-state index contributed by atoms with van der Waals surface area (Å²) < 4.78 is 4.57. The fourth-order valence-corrected chi connectivity index (χ4v) is 1.51. The Labute approximate surface area is 103 Å². The van der Waals surface area contributed by atoms with Gasteiger partial charge < -0.3 is 4.74 Å². The van der Waals surface area contributed by atoms with Gasteiger partial charge in [-0.15, -0.1) is 11.6 Å². The molecule has 0 saturated carbocycles. The first kappa shape index (κ1) is 13.0. The molecule has 0 saturated heterocycles. The molecule has 0 N–H and O–H groups in total. The number of benzene rings is 1. The molecular formula is C11H10Cl2O3. The largest absolute Gasteiger partial charge is 0.465 e. The maximum absolute atomic E-state index is 11.7. The summed E-state index contributed by atoms with van der Waals surface area (Å²) in [5.41, 5.74) is 0.353. The molecule has 0 aliphatic heterocycles. The van der Waals surface area contributed by atoms with Crippen LogP contribution in [0.1, 0.15) is 27.6 Å². The van der Waals surface area contributed by atoms with Crippen LogP contribution in [0.3, 0.4) is 0 Å². The van der Waals surface area contributed by atoms with E-state index in [2.05, 4.69) is 4.74 Å². The Morgan fingerprint density at radius 3 is 2.44 bits per heavy atom. The van der Waals surface area contributed by atoms with Gasteiger partial charge in [-0.1, -0.05) is 11.6 Å². The second-order valence-electron chi connectivity index (χ2n) is 3.16. The van der Waals surface area contributed by atoms with Crippen LogP contribution in [0, 0.1) is 0 Å². The van der Waals surface area contributed by atoms with E-state index in [1.807, 2.05) is 0 Å². The molecule has 0 fully saturated rings. The highest BCUT2D eigenvalue weighted by Gasteiger charge is 2.21. The highest BCUT2D eigenvalue weighted by molar-refractivity contribution is 6.35. The van der Waals surface area contributed by atoms with Crippen molar-refractivity contribution in [2.75, 3.05) is 7.11 Å². The van der Waals surface area contributed by atoms with E-state index in [0.29, 0.717) is 5.02 Å². The Kier molecular flexibility index (Phi) is 4.33. The van der Waals surface area contributed by atoms with E-state index in [9.17, 15) is 9.59 Å². The van der Waals surface area contributed by atoms with Gasteiger partial charge in [0.05, 0.1) is 18.1 Å². The Morgan fingerprint density at radius 1 is 1.31 bits per heavy atom. The van der Waals surface area contributed by atoms with Crippen molar-refractivity contribution in [1.29, 1.82) is 0 Å². The van der Waals surface area contributed by atoms with Crippen LogP contribution in [0.5, 0.6) is 0 Å². The van der Waals surface area contributed by atoms with Crippen molar-refractivity contribution in [2.45, 2.75) is 12.3 Å². The third kappa shape index (κ3) is 2.74. The number of ether oxygens (including phenoxy) is 1. The lowest BCUT2D eigenvalue weighted by Gasteiger charge is -2.08. The number of Topliss-reactive ketones (excluding diaryl/α,β-unsaturated/α-hetero) is 1. The number of hydrogen-bond donors (Lipinski definition) is 0. The van der Waals surface area contributed by atoms with Crippen molar-refractivity contribution >= 4 is 35.0 Å². The summed E-state index contributed by atoms with van der Waals surface area (Å²) in [6.45, 7) is 1.53. The predicted octanol–water partition coefficient (Wildman–Crippen LogP) is 2.94. The zero-order valence-corrected chi connectivity index (χ0v) is 10.3. The van der Waals surface area contributed by atoms with Crippen LogP contribution in [0.2, 0.25) is 5.02 Å². The summed E-state index contributed by atoms with van der Waals surface area (Å²) in [4.78, 5) is 23.2. The molecule has 16 heavy (non-hydrogen) atoms. The van der Waals surface area contributed by atoms with Crippen LogP contribution in [0.4, 0.5) is 0 Å². The molecule has 1 unspecified atom stereocenters. The zero-order valence-electron chi connectivity index (χ0n) is 8.79. The molecule has 0 aromatic heterocycles. The van der Waals surface area contributed by atoms with E-state index in [1.165, 1.54) is 32.2 Å². The lowest BCUT2D eigenvalue weighted by Crippen LogP contribution is -2.16. The number of alkyl halides is 1. The summed E-state index contributed by atoms with van der Waals surface area (Å²) in [5, 5.41) is -0.352. The Morgan fingerprint density at radius 2 is 1.94 bits per heavy atom. The van der Waals surface area contributed by atoms with Gasteiger partial charge in [-0.3, -0.25) is 4.79 Å². The summed E-state index contributed by atoms with van der Waals surface area (Å²) in [6.07, 6.45) is 0. The Balaban J connectivity index is 3.29. The van der Waals surface area contributed by atoms with Crippen LogP contribution < -0.4 is 0 Å². The second kappa shape index (κ2) is 5.32. The Bertz CT molecular complexity index is 427. The molecule has 5 heteroatoms. The minimum absolute atomic E-state index is 0.171. The average Bonchev–Trinajstić information content (AvgIpc) is 2.26. The summed E-state index contributed by atoms with van der Waals surface area (Å²) in [6, 6.07) is 4.37. The maximum Gasteiger partial charge on any atom is 0.338 e. The molecule has 0 aliphatic carbocycles. The minimum Gasteiger partial charge on any atom is -0.465 e. The van der Waals surface area contributed by atoms with Gasteiger partial charge in [-0.2, -0.15) is 0 Å². The topological polar surface area (TPSA) is 43.4 Å². The SMILES string of the molecule is COC(=O)c1ccc(Cl)cc1C(=O)C(C)Cl. The Hall–Kier alpha value is -1.06. The molecule has 0 amide bonds. The molecule has 0 spiro atoms. The normalized spacial score (nSPS) is 12.0. The van der Waals surface area contributed by atoms with E-state index in [-0.39, 0.29) is 16.9 Å². The van der Waals surface area contributed by atoms with Crippen molar-refractivity contribution in [3.63, 3.8) is 0 Å². The van der Waals surface area contributed by atoms with Crippen LogP contribution in [-0.4, -0.2) is 24.2 Å². The number of carbonyl (C=O) groups is 2. The fraction of sp³-hybridized carbons (Fsp3) is 0.273. The van der Waals surface area contributed by atoms with Gasteiger partial charge in [0.2, 0.25) is 0 Å². The van der Waals surface area contributed by atoms with Crippen LogP contribution in [-0.2, 0) is 4.74 Å². The highest BCUT2D eigenvalue weighted by Crippen LogP contribution is 2.20. The molecule has 1 rings (SSSR count). The molecule has 1 aromatic carbocycles. The number of hydrogen-bond acceptors (Lipinski definition) is 3. The number of methoxy groups -OCH3 is 1. The number of esters is 1. The molecule has 3 nitrogen and oxygen atoms in total. The van der Waals surface area contributed by atoms with E-state index in [4.69, 9.17) is 23.2 Å². The van der Waals surface area contributed by atoms with E-state index < -0.39 is 11.3 Å². The molecule has 1 atom stereocenters. The fourth-order valence-electron chi connectivity index (χ4n) is 1.22. The van der Waals surface area contributed by atoms with Crippen molar-refractivity contribution in [1.82, 2.24) is 0 Å². The average molecular weight is 261 g/mol. The first-order chi connectivity index (χ1) is 7.47. The third-order valence-electron chi connectivity index (χ3n) is 2.01. The molecule has 86 valence electrons. The molecule has 1 aromatic rings. The number of rotatable bonds is 3. The van der Waals surface area contributed by atoms with Crippen molar-refractivity contribution in [3.05, 3.63) is 34.3 Å². The molecule has 0 heterocycles. The van der Waals surface area contributed by atoms with Gasteiger partial charge in [0.15, 0.2) is 5.78 Å². The third-order valence-corrected chi connectivity index (χ3v) is 2.45. The summed E-state index contributed by atoms with van der Waals surface area (Å²) in [7, 11) is 1.25. The van der Waals surface area contributed by atoms with Gasteiger partial charge in [0.25, 0.3) is 0 Å². The molecule has 0 bridgehead atoms. The molecule has 0 radical (unpaired) electrons. The van der Waals surface area contributed by atoms with E-state index in [0.717, 1.165) is 0 Å². The maximum atomic E-state index is 11.7. The number of carbonyl (C=O) groups excluding carboxylic acids is 2. The van der Waals surface area contributed by atoms with Crippen LogP contribution >= 0.6 is 23.2 Å². The lowest BCUT2D eigenvalue weighted by atomic mass is 10.0. The van der Waals surface area contributed by atoms with Crippen molar-refractivity contribution in [2.24, 2.45) is 0 Å². The number of halogens is 2. The highest BCUT2D eigenvalue weighted by atomic mass is 35.5. The second-order valence-corrected chi connectivity index (χ2v) is 4.25. The standard InChI is InChI=1S/C11H10Cl2O3/c1-6(12)10(14)9-5-7(13)3-4-8(9)11(15)16-2/h3-6H,1-2H3. The lowest BCUT2D eigenvalue weighted by molar-refractivity contribution is 0.0597. The monoisotopic (exact) mass is 260 g/mol. The summed E-state index contributed by atoms with van der Waals surface area (Å²) in [5.74, 6) is -0.943. The van der Waals surface area contributed by atoms with Gasteiger partial charge >= 0.3 is 5.97 Å². The molecule has 0 aliphatic rings. The quantitative estimate of drug-likeness (QED) is 0.477. The van der Waals surface area contributed by atoms with Crippen molar-refractivity contribution < 1.29 is 14.3 Å². The summed E-state index contributed by atoms with van der Waals surface area (Å²) >= 11 is 11.5. The minimum atomic E-state index is -0.720. The predicted molar refractivity (Wildman–Crippen MR) is 62.4 cm³/mol. The first-order valence-corrected chi connectivity index (χ1v) is 5.35. The van der Waals surface area contributed by atoms with Crippen LogP contribution in [0.15, 0.2) is 18.2 Å². The van der Waals surface area contributed by atoms with E-state index >= 15 is 0 Å². The van der Waals surface area contributed by atoms with Gasteiger partial charge in [0.1, 0.15) is 0 Å². The van der Waals surface area contributed by atoms with Crippen molar-refractivity contribution in [3.8, 4) is 0 Å². The smallest absolute Gasteiger partial charge is 0.338 e. The number of ketones is 1. The zero-order chi connectivity index (χ0) is 12.3. The van der Waals surface area contributed by atoms with Gasteiger partial charge in [-0.05, 0) is 25.1 Å². The first-order valence-electron chi connectivity index (χ1n) is 4.53. The van der Waals surface area contributed by atoms with Crippen LogP contribution in [0.25, 0.3) is 0 Å². The van der Waals surface area contributed by atoms with Gasteiger partial charge in [-0.25, -0.2) is 4.79 Å². The molecular weight excluding hydrogens is 251 g/mol. The van der Waals surface area contributed by atoms with Gasteiger partial charge in [0, 0.05) is 10.6 Å². The van der Waals surface area contributed by atoms with E-state index in [1.54, 1.807) is 0 Å².